The van der Waals surface area contributed by atoms with E-state index in [0.717, 1.165) is 0 Å². The van der Waals surface area contributed by atoms with E-state index in [0.29, 0.717) is 29.3 Å². The van der Waals surface area contributed by atoms with Gasteiger partial charge in [-0.2, -0.15) is 15.1 Å². The van der Waals surface area contributed by atoms with Crippen molar-refractivity contribution in [2.24, 2.45) is 11.8 Å². The number of nitrogens with one attached hydrogen (secondary N) is 4. The van der Waals surface area contributed by atoms with Crippen molar-refractivity contribution >= 4 is 28.7 Å². The van der Waals surface area contributed by atoms with Gasteiger partial charge in [-0.1, -0.05) is 13.8 Å². The highest BCUT2D eigenvalue weighted by Gasteiger charge is 2.16. The predicted molar refractivity (Wildman–Crippen MR) is 80.4 cm³/mol. The fourth-order valence-electron chi connectivity index (χ4n) is 1.74. The summed E-state index contributed by atoms with van der Waals surface area (Å²) in [5, 5.41) is 13.3. The molecule has 1 unspecified atom stereocenters. The van der Waals surface area contributed by atoms with Crippen LogP contribution in [-0.4, -0.2) is 38.7 Å². The Morgan fingerprint density at radius 2 is 2.14 bits per heavy atom. The molecular formula is C12H20N8O. The van der Waals surface area contributed by atoms with Gasteiger partial charge in [0.05, 0.1) is 11.6 Å². The van der Waals surface area contributed by atoms with E-state index in [2.05, 4.69) is 36.2 Å². The number of aromatic nitrogens is 4. The van der Waals surface area contributed by atoms with Crippen LogP contribution in [0.1, 0.15) is 20.8 Å². The molecule has 0 aliphatic carbocycles. The van der Waals surface area contributed by atoms with Crippen LogP contribution in [0.5, 0.6) is 0 Å². The van der Waals surface area contributed by atoms with Gasteiger partial charge in [-0.05, 0) is 12.8 Å². The first-order valence-corrected chi connectivity index (χ1v) is 6.73. The lowest BCUT2D eigenvalue weighted by Crippen LogP contribution is -2.39. The van der Waals surface area contributed by atoms with Crippen LogP contribution in [0.15, 0.2) is 6.20 Å². The summed E-state index contributed by atoms with van der Waals surface area (Å²) < 4.78 is 0. The quantitative estimate of drug-likeness (QED) is 0.379. The van der Waals surface area contributed by atoms with Crippen molar-refractivity contribution in [3.8, 4) is 0 Å². The Balaban J connectivity index is 2.14. The largest absolute Gasteiger partial charge is 0.358 e. The number of hydrogen-bond donors (Lipinski definition) is 5. The van der Waals surface area contributed by atoms with Crippen LogP contribution in [0.25, 0.3) is 11.0 Å². The molecule has 21 heavy (non-hydrogen) atoms. The highest BCUT2D eigenvalue weighted by atomic mass is 16.2. The number of nitrogen functional groups attached to an aromatic ring is 1. The molecule has 2 aromatic heterocycles. The molecule has 0 aromatic carbocycles. The Bertz CT molecular complexity index is 623. The monoisotopic (exact) mass is 292 g/mol. The Morgan fingerprint density at radius 3 is 2.81 bits per heavy atom. The molecule has 1 atom stereocenters. The Hall–Kier alpha value is -2.42. The van der Waals surface area contributed by atoms with Crippen molar-refractivity contribution in [1.29, 1.82) is 0 Å². The number of amides is 1. The summed E-state index contributed by atoms with van der Waals surface area (Å²) in [6, 6.07) is -0.442. The second-order valence-electron chi connectivity index (χ2n) is 5.18. The number of hydrazine groups is 1. The molecule has 114 valence electrons. The standard InChI is InChI=1S/C12H20N8O/c1-6(2)4-14-11(21)7(3)16-9-8-5-15-20-10(8)18-12(17-9)19-13/h5-7H,4,13H2,1-3H3,(H,14,21)(H3,15,16,17,18,19,20). The van der Waals surface area contributed by atoms with E-state index >= 15 is 0 Å². The summed E-state index contributed by atoms with van der Waals surface area (Å²) in [4.78, 5) is 20.3. The normalized spacial score (nSPS) is 12.4. The first-order chi connectivity index (χ1) is 10.0. The van der Waals surface area contributed by atoms with Crippen molar-refractivity contribution < 1.29 is 4.79 Å². The maximum absolute atomic E-state index is 12.0. The number of H-pyrrole nitrogens is 1. The number of aromatic amines is 1. The number of carbonyl (C=O) groups excluding carboxylic acids is 1. The van der Waals surface area contributed by atoms with Crippen molar-refractivity contribution in [3.63, 3.8) is 0 Å². The first-order valence-electron chi connectivity index (χ1n) is 6.73. The molecule has 0 saturated carbocycles. The molecule has 0 aliphatic heterocycles. The van der Waals surface area contributed by atoms with Crippen LogP contribution in [0.2, 0.25) is 0 Å². The second-order valence-corrected chi connectivity index (χ2v) is 5.18. The topological polar surface area (TPSA) is 134 Å². The minimum atomic E-state index is -0.442. The van der Waals surface area contributed by atoms with E-state index in [1.165, 1.54) is 0 Å². The molecule has 0 saturated heterocycles. The summed E-state index contributed by atoms with van der Waals surface area (Å²) in [6.07, 6.45) is 1.59. The number of rotatable bonds is 6. The molecule has 0 aliphatic rings. The first kappa shape index (κ1) is 15.0. The third kappa shape index (κ3) is 3.57. The third-order valence-corrected chi connectivity index (χ3v) is 2.87. The highest BCUT2D eigenvalue weighted by Crippen LogP contribution is 2.20. The van der Waals surface area contributed by atoms with Crippen LogP contribution in [0.3, 0.4) is 0 Å². The smallest absolute Gasteiger partial charge is 0.242 e. The molecule has 0 radical (unpaired) electrons. The molecule has 9 heteroatoms. The van der Waals surface area contributed by atoms with E-state index in [1.807, 2.05) is 13.8 Å². The minimum absolute atomic E-state index is 0.0961. The van der Waals surface area contributed by atoms with E-state index in [1.54, 1.807) is 13.1 Å². The highest BCUT2D eigenvalue weighted by molar-refractivity contribution is 5.90. The van der Waals surface area contributed by atoms with Gasteiger partial charge in [0.25, 0.3) is 0 Å². The maximum Gasteiger partial charge on any atom is 0.242 e. The number of nitrogens with zero attached hydrogens (tertiary/aromatic N) is 3. The second kappa shape index (κ2) is 6.35. The fourth-order valence-corrected chi connectivity index (χ4v) is 1.74. The van der Waals surface area contributed by atoms with Gasteiger partial charge in [-0.3, -0.25) is 15.3 Å². The van der Waals surface area contributed by atoms with Crippen LogP contribution < -0.4 is 21.9 Å². The van der Waals surface area contributed by atoms with E-state index in [4.69, 9.17) is 5.84 Å². The summed E-state index contributed by atoms with van der Waals surface area (Å²) in [7, 11) is 0. The number of carbonyl (C=O) groups is 1. The molecule has 2 rings (SSSR count). The maximum atomic E-state index is 12.0. The zero-order valence-electron chi connectivity index (χ0n) is 12.3. The molecule has 0 fully saturated rings. The average molecular weight is 292 g/mol. The van der Waals surface area contributed by atoms with Gasteiger partial charge in [-0.15, -0.1) is 0 Å². The van der Waals surface area contributed by atoms with Gasteiger partial charge in [-0.25, -0.2) is 5.84 Å². The average Bonchev–Trinajstić information content (AvgIpc) is 2.92. The summed E-state index contributed by atoms with van der Waals surface area (Å²) in [5.41, 5.74) is 2.92. The summed E-state index contributed by atoms with van der Waals surface area (Å²) >= 11 is 0. The van der Waals surface area contributed by atoms with Crippen LogP contribution >= 0.6 is 0 Å². The van der Waals surface area contributed by atoms with Crippen LogP contribution in [-0.2, 0) is 4.79 Å². The van der Waals surface area contributed by atoms with Gasteiger partial charge < -0.3 is 10.6 Å². The Kier molecular flexibility index (Phi) is 4.53. The summed E-state index contributed by atoms with van der Waals surface area (Å²) in [5.74, 6) is 6.37. The van der Waals surface area contributed by atoms with E-state index in [9.17, 15) is 4.79 Å². The summed E-state index contributed by atoms with van der Waals surface area (Å²) in [6.45, 7) is 6.47. The number of nitrogens with two attached hydrogens (primary N) is 1. The van der Waals surface area contributed by atoms with E-state index in [-0.39, 0.29) is 11.9 Å². The third-order valence-electron chi connectivity index (χ3n) is 2.87. The van der Waals surface area contributed by atoms with Crippen molar-refractivity contribution in [2.75, 3.05) is 17.3 Å². The molecule has 9 nitrogen and oxygen atoms in total. The number of hydrogen-bond acceptors (Lipinski definition) is 7. The van der Waals surface area contributed by atoms with Gasteiger partial charge in [0.1, 0.15) is 11.9 Å². The SMILES string of the molecule is CC(C)CNC(=O)C(C)Nc1nc(NN)nc2[nH]ncc12. The van der Waals surface area contributed by atoms with Crippen LogP contribution in [0, 0.1) is 5.92 Å². The van der Waals surface area contributed by atoms with Gasteiger partial charge in [0, 0.05) is 6.54 Å². The molecule has 2 heterocycles. The van der Waals surface area contributed by atoms with E-state index < -0.39 is 6.04 Å². The predicted octanol–water partition coefficient (Wildman–Crippen LogP) is 0.211. The zero-order valence-corrected chi connectivity index (χ0v) is 12.3. The number of fused-ring (bicyclic) bond motifs is 1. The van der Waals surface area contributed by atoms with Crippen LogP contribution in [0.4, 0.5) is 11.8 Å². The lowest BCUT2D eigenvalue weighted by Gasteiger charge is -2.16. The number of anilines is 2. The van der Waals surface area contributed by atoms with Gasteiger partial charge in [0.2, 0.25) is 11.9 Å². The lowest BCUT2D eigenvalue weighted by molar-refractivity contribution is -0.121. The van der Waals surface area contributed by atoms with Crippen molar-refractivity contribution in [2.45, 2.75) is 26.8 Å². The Morgan fingerprint density at radius 1 is 1.38 bits per heavy atom. The molecule has 6 N–H and O–H groups in total. The van der Waals surface area contributed by atoms with Crippen molar-refractivity contribution in [1.82, 2.24) is 25.5 Å². The van der Waals surface area contributed by atoms with Gasteiger partial charge >= 0.3 is 0 Å². The van der Waals surface area contributed by atoms with Gasteiger partial charge in [0.15, 0.2) is 5.65 Å². The lowest BCUT2D eigenvalue weighted by atomic mass is 10.2. The Labute approximate surface area is 122 Å². The zero-order chi connectivity index (χ0) is 15.4. The molecule has 0 spiro atoms. The molecule has 2 aromatic rings. The minimum Gasteiger partial charge on any atom is -0.358 e. The molecule has 1 amide bonds. The van der Waals surface area contributed by atoms with Crippen molar-refractivity contribution in [3.05, 3.63) is 6.20 Å². The molecular weight excluding hydrogens is 272 g/mol. The molecule has 0 bridgehead atoms. The fraction of sp³-hybridized carbons (Fsp3) is 0.500.